The van der Waals surface area contributed by atoms with Gasteiger partial charge in [-0.3, -0.25) is 5.41 Å². The maximum Gasteiger partial charge on any atom is 0.217 e. The summed E-state index contributed by atoms with van der Waals surface area (Å²) in [6, 6.07) is 0. The molecule has 0 aromatic rings. The Labute approximate surface area is 70.6 Å². The molecule has 0 saturated carbocycles. The third-order valence-corrected chi connectivity index (χ3v) is 1.59. The quantitative estimate of drug-likeness (QED) is 0.225. The van der Waals surface area contributed by atoms with Crippen LogP contribution < -0.4 is 5.73 Å². The van der Waals surface area contributed by atoms with Gasteiger partial charge in [0.05, 0.1) is 13.2 Å². The highest BCUT2D eigenvalue weighted by atomic mass is 16.5. The Morgan fingerprint density at radius 2 is 2.17 bits per heavy atom. The Hall–Kier alpha value is -1.32. The van der Waals surface area contributed by atoms with E-state index in [9.17, 15) is 0 Å². The largest absolute Gasteiger partial charge is 0.379 e. The standard InChI is InChI=1S/C6H11N5O/c7-5-11(6(8)9)10-1-3-12-4-2-10/h1-4H2,(H3,8,9). The molecular weight excluding hydrogens is 158 g/mol. The monoisotopic (exact) mass is 169 g/mol. The lowest BCUT2D eigenvalue weighted by molar-refractivity contribution is -0.0264. The minimum Gasteiger partial charge on any atom is -0.379 e. The van der Waals surface area contributed by atoms with Crippen LogP contribution in [0, 0.1) is 16.9 Å². The summed E-state index contributed by atoms with van der Waals surface area (Å²) >= 11 is 0. The van der Waals surface area contributed by atoms with Crippen molar-refractivity contribution in [3.63, 3.8) is 0 Å². The molecule has 1 rings (SSSR count). The highest BCUT2D eigenvalue weighted by molar-refractivity contribution is 5.75. The third-order valence-electron chi connectivity index (χ3n) is 1.59. The number of ether oxygens (including phenoxy) is 1. The highest BCUT2D eigenvalue weighted by Crippen LogP contribution is 2.00. The van der Waals surface area contributed by atoms with E-state index in [1.807, 2.05) is 6.19 Å². The van der Waals surface area contributed by atoms with Gasteiger partial charge in [0.25, 0.3) is 0 Å². The molecule has 0 aromatic heterocycles. The van der Waals surface area contributed by atoms with Gasteiger partial charge in [0.2, 0.25) is 12.2 Å². The van der Waals surface area contributed by atoms with Crippen molar-refractivity contribution in [3.8, 4) is 6.19 Å². The maximum atomic E-state index is 8.62. The Bertz CT molecular complexity index is 204. The van der Waals surface area contributed by atoms with E-state index in [0.29, 0.717) is 26.3 Å². The lowest BCUT2D eigenvalue weighted by Gasteiger charge is -2.31. The molecule has 1 aliphatic heterocycles. The molecule has 0 aromatic carbocycles. The van der Waals surface area contributed by atoms with Gasteiger partial charge >= 0.3 is 0 Å². The van der Waals surface area contributed by atoms with E-state index >= 15 is 0 Å². The predicted molar refractivity (Wildman–Crippen MR) is 41.8 cm³/mol. The van der Waals surface area contributed by atoms with E-state index in [1.165, 1.54) is 0 Å². The molecule has 0 unspecified atom stereocenters. The van der Waals surface area contributed by atoms with Crippen molar-refractivity contribution >= 4 is 5.96 Å². The van der Waals surface area contributed by atoms with Gasteiger partial charge in [0.15, 0.2) is 0 Å². The molecular formula is C6H11N5O. The van der Waals surface area contributed by atoms with Crippen molar-refractivity contribution in [2.24, 2.45) is 5.73 Å². The van der Waals surface area contributed by atoms with E-state index in [1.54, 1.807) is 5.01 Å². The number of rotatable bonds is 1. The van der Waals surface area contributed by atoms with Crippen LogP contribution in [0.25, 0.3) is 0 Å². The summed E-state index contributed by atoms with van der Waals surface area (Å²) in [7, 11) is 0. The fourth-order valence-corrected chi connectivity index (χ4v) is 1.02. The molecule has 0 spiro atoms. The smallest absolute Gasteiger partial charge is 0.217 e. The number of nitriles is 1. The lowest BCUT2D eigenvalue weighted by atomic mass is 10.5. The predicted octanol–water partition coefficient (Wildman–Crippen LogP) is -1.09. The highest BCUT2D eigenvalue weighted by Gasteiger charge is 2.18. The molecule has 0 bridgehead atoms. The van der Waals surface area contributed by atoms with Crippen molar-refractivity contribution in [2.75, 3.05) is 26.3 Å². The first kappa shape index (κ1) is 8.77. The number of hydrogen-bond acceptors (Lipinski definition) is 4. The van der Waals surface area contributed by atoms with Gasteiger partial charge in [0, 0.05) is 13.1 Å². The first-order valence-electron chi connectivity index (χ1n) is 3.62. The van der Waals surface area contributed by atoms with Gasteiger partial charge in [-0.2, -0.15) is 15.3 Å². The summed E-state index contributed by atoms with van der Waals surface area (Å²) in [6.07, 6.45) is 1.83. The third kappa shape index (κ3) is 1.84. The minimum absolute atomic E-state index is 0.251. The number of morpholine rings is 1. The van der Waals surface area contributed by atoms with Crippen molar-refractivity contribution in [1.29, 1.82) is 10.7 Å². The molecule has 12 heavy (non-hydrogen) atoms. The molecule has 0 aliphatic carbocycles. The molecule has 1 aliphatic rings. The summed E-state index contributed by atoms with van der Waals surface area (Å²) in [4.78, 5) is 0. The molecule has 0 radical (unpaired) electrons. The maximum absolute atomic E-state index is 8.62. The topological polar surface area (TPSA) is 89.4 Å². The lowest BCUT2D eigenvalue weighted by Crippen LogP contribution is -2.51. The normalized spacial score (nSPS) is 18.2. The van der Waals surface area contributed by atoms with E-state index in [0.717, 1.165) is 5.01 Å². The van der Waals surface area contributed by atoms with Crippen molar-refractivity contribution in [2.45, 2.75) is 0 Å². The van der Waals surface area contributed by atoms with Gasteiger partial charge in [-0.05, 0) is 0 Å². The summed E-state index contributed by atoms with van der Waals surface area (Å²) in [5.41, 5.74) is 5.18. The zero-order valence-corrected chi connectivity index (χ0v) is 6.66. The Kier molecular flexibility index (Phi) is 2.85. The average Bonchev–Trinajstić information content (AvgIpc) is 2.07. The second kappa shape index (κ2) is 3.90. The van der Waals surface area contributed by atoms with Crippen LogP contribution >= 0.6 is 0 Å². The van der Waals surface area contributed by atoms with E-state index < -0.39 is 0 Å². The number of nitrogens with zero attached hydrogens (tertiary/aromatic N) is 3. The number of nitrogens with one attached hydrogen (secondary N) is 1. The second-order valence-corrected chi connectivity index (χ2v) is 2.36. The van der Waals surface area contributed by atoms with Crippen LogP contribution in [0.5, 0.6) is 0 Å². The zero-order chi connectivity index (χ0) is 8.97. The van der Waals surface area contributed by atoms with Gasteiger partial charge < -0.3 is 10.5 Å². The first-order chi connectivity index (χ1) is 5.75. The molecule has 6 heteroatoms. The minimum atomic E-state index is -0.251. The molecule has 0 atom stereocenters. The van der Waals surface area contributed by atoms with Crippen molar-refractivity contribution in [1.82, 2.24) is 10.0 Å². The Morgan fingerprint density at radius 1 is 1.58 bits per heavy atom. The van der Waals surface area contributed by atoms with Crippen molar-refractivity contribution in [3.05, 3.63) is 0 Å². The van der Waals surface area contributed by atoms with Gasteiger partial charge in [-0.25, -0.2) is 0 Å². The number of hydrogen-bond donors (Lipinski definition) is 2. The van der Waals surface area contributed by atoms with E-state index in [2.05, 4.69) is 0 Å². The molecule has 3 N–H and O–H groups in total. The second-order valence-electron chi connectivity index (χ2n) is 2.36. The van der Waals surface area contributed by atoms with Crippen LogP contribution in [-0.4, -0.2) is 42.3 Å². The number of hydrazine groups is 1. The van der Waals surface area contributed by atoms with Crippen LogP contribution in [0.2, 0.25) is 0 Å². The summed E-state index contributed by atoms with van der Waals surface area (Å²) in [6.45, 7) is 2.36. The fourth-order valence-electron chi connectivity index (χ4n) is 1.02. The van der Waals surface area contributed by atoms with Crippen LogP contribution in [0.3, 0.4) is 0 Å². The van der Waals surface area contributed by atoms with E-state index in [4.69, 9.17) is 21.1 Å². The Balaban J connectivity index is 2.53. The van der Waals surface area contributed by atoms with Gasteiger partial charge in [-0.1, -0.05) is 0 Å². The molecule has 0 amide bonds. The average molecular weight is 169 g/mol. The molecule has 1 fully saturated rings. The SMILES string of the molecule is N#CN(C(=N)N)N1CCOCC1. The molecule has 66 valence electrons. The van der Waals surface area contributed by atoms with Gasteiger partial charge in [-0.15, -0.1) is 0 Å². The molecule has 1 heterocycles. The van der Waals surface area contributed by atoms with Crippen LogP contribution in [0.4, 0.5) is 0 Å². The van der Waals surface area contributed by atoms with Crippen molar-refractivity contribution < 1.29 is 4.74 Å². The van der Waals surface area contributed by atoms with Crippen LogP contribution in [0.1, 0.15) is 0 Å². The first-order valence-corrected chi connectivity index (χ1v) is 3.62. The zero-order valence-electron chi connectivity index (χ0n) is 6.66. The summed E-state index contributed by atoms with van der Waals surface area (Å²) < 4.78 is 5.09. The van der Waals surface area contributed by atoms with Gasteiger partial charge in [0.1, 0.15) is 0 Å². The summed E-state index contributed by atoms with van der Waals surface area (Å²) in [5.74, 6) is -0.251. The molecule has 1 saturated heterocycles. The number of guanidine groups is 1. The Morgan fingerprint density at radius 3 is 2.58 bits per heavy atom. The van der Waals surface area contributed by atoms with E-state index in [-0.39, 0.29) is 5.96 Å². The molecule has 6 nitrogen and oxygen atoms in total. The van der Waals surface area contributed by atoms with Crippen LogP contribution in [0.15, 0.2) is 0 Å². The fraction of sp³-hybridized carbons (Fsp3) is 0.667. The van der Waals surface area contributed by atoms with Crippen LogP contribution in [-0.2, 0) is 4.74 Å². The summed E-state index contributed by atoms with van der Waals surface area (Å²) in [5, 5.41) is 18.5. The number of nitrogens with two attached hydrogens (primary N) is 1.